The fourth-order valence-electron chi connectivity index (χ4n) is 2.73. The van der Waals surface area contributed by atoms with Gasteiger partial charge >= 0.3 is 0 Å². The normalized spacial score (nSPS) is 14.3. The summed E-state index contributed by atoms with van der Waals surface area (Å²) in [6.45, 7) is 2.69. The van der Waals surface area contributed by atoms with Gasteiger partial charge in [0.15, 0.2) is 5.11 Å². The van der Waals surface area contributed by atoms with Gasteiger partial charge < -0.3 is 15.1 Å². The molecule has 0 bridgehead atoms. The molecule has 1 fully saturated rings. The van der Waals surface area contributed by atoms with Crippen LogP contribution in [0, 0.1) is 15.9 Å². The molecule has 2 aromatic rings. The lowest BCUT2D eigenvalue weighted by Gasteiger charge is -2.37. The first-order chi connectivity index (χ1) is 12.0. The Hall–Kier alpha value is -2.74. The van der Waals surface area contributed by atoms with Crippen molar-refractivity contribution in [2.45, 2.75) is 0 Å². The fraction of sp³-hybridized carbons (Fsp3) is 0.235. The molecule has 0 unspecified atom stereocenters. The monoisotopic (exact) mass is 360 g/mol. The maximum absolute atomic E-state index is 13.9. The predicted molar refractivity (Wildman–Crippen MR) is 99.5 cm³/mol. The van der Waals surface area contributed by atoms with E-state index < -0.39 is 4.92 Å². The standard InChI is InChI=1S/C17H17FN4O2S/c18-15-3-1-2-4-16(15)20-9-11-21(12-10-20)17(25)19-13-5-7-14(8-6-13)22(23)24/h1-8H,9-12H2,(H,19,25). The molecule has 25 heavy (non-hydrogen) atoms. The highest BCUT2D eigenvalue weighted by Gasteiger charge is 2.21. The zero-order valence-corrected chi connectivity index (χ0v) is 14.2. The summed E-state index contributed by atoms with van der Waals surface area (Å²) in [4.78, 5) is 14.2. The van der Waals surface area contributed by atoms with Crippen molar-refractivity contribution in [2.24, 2.45) is 0 Å². The zero-order chi connectivity index (χ0) is 17.8. The van der Waals surface area contributed by atoms with Crippen LogP contribution in [0.25, 0.3) is 0 Å². The van der Waals surface area contributed by atoms with E-state index in [9.17, 15) is 14.5 Å². The number of hydrogen-bond donors (Lipinski definition) is 1. The lowest BCUT2D eigenvalue weighted by Crippen LogP contribution is -2.50. The third-order valence-corrected chi connectivity index (χ3v) is 4.45. The number of nitrogens with zero attached hydrogens (tertiary/aromatic N) is 3. The first-order valence-electron chi connectivity index (χ1n) is 7.84. The van der Waals surface area contributed by atoms with Crippen molar-refractivity contribution < 1.29 is 9.31 Å². The van der Waals surface area contributed by atoms with Gasteiger partial charge in [0.25, 0.3) is 5.69 Å². The van der Waals surface area contributed by atoms with E-state index in [2.05, 4.69) is 5.32 Å². The van der Waals surface area contributed by atoms with E-state index in [-0.39, 0.29) is 11.5 Å². The van der Waals surface area contributed by atoms with Gasteiger partial charge in [-0.25, -0.2) is 4.39 Å². The molecule has 0 amide bonds. The van der Waals surface area contributed by atoms with E-state index in [1.54, 1.807) is 24.3 Å². The zero-order valence-electron chi connectivity index (χ0n) is 13.4. The van der Waals surface area contributed by atoms with E-state index in [0.29, 0.717) is 42.7 Å². The van der Waals surface area contributed by atoms with E-state index >= 15 is 0 Å². The molecule has 2 aromatic carbocycles. The summed E-state index contributed by atoms with van der Waals surface area (Å²) in [7, 11) is 0. The van der Waals surface area contributed by atoms with Crippen LogP contribution < -0.4 is 10.2 Å². The van der Waals surface area contributed by atoms with Gasteiger partial charge in [-0.1, -0.05) is 12.1 Å². The van der Waals surface area contributed by atoms with Crippen LogP contribution in [-0.2, 0) is 0 Å². The molecule has 0 saturated carbocycles. The smallest absolute Gasteiger partial charge is 0.269 e. The van der Waals surface area contributed by atoms with Gasteiger partial charge in [0.05, 0.1) is 10.6 Å². The molecule has 1 aliphatic heterocycles. The third kappa shape index (κ3) is 4.03. The number of nitro benzene ring substituents is 1. The topological polar surface area (TPSA) is 61.7 Å². The summed E-state index contributed by atoms with van der Waals surface area (Å²) in [5, 5.41) is 14.3. The Labute approximate surface area is 150 Å². The van der Waals surface area contributed by atoms with Gasteiger partial charge in [-0.15, -0.1) is 0 Å². The Kier molecular flexibility index (Phi) is 5.08. The van der Waals surface area contributed by atoms with E-state index in [1.807, 2.05) is 15.9 Å². The number of hydrogen-bond acceptors (Lipinski definition) is 4. The van der Waals surface area contributed by atoms with Crippen LogP contribution >= 0.6 is 12.2 Å². The number of para-hydroxylation sites is 1. The molecule has 0 aromatic heterocycles. The van der Waals surface area contributed by atoms with Crippen molar-refractivity contribution in [2.75, 3.05) is 36.4 Å². The number of rotatable bonds is 3. The van der Waals surface area contributed by atoms with Crippen LogP contribution in [0.1, 0.15) is 0 Å². The Bertz CT molecular complexity index is 776. The highest BCUT2D eigenvalue weighted by Crippen LogP contribution is 2.21. The second kappa shape index (κ2) is 7.43. The molecule has 1 aliphatic rings. The maximum atomic E-state index is 13.9. The minimum atomic E-state index is -0.440. The molecular formula is C17H17FN4O2S. The highest BCUT2D eigenvalue weighted by molar-refractivity contribution is 7.80. The van der Waals surface area contributed by atoms with Gasteiger partial charge in [0.2, 0.25) is 0 Å². The van der Waals surface area contributed by atoms with Crippen molar-refractivity contribution >= 4 is 34.4 Å². The molecule has 6 nitrogen and oxygen atoms in total. The number of non-ortho nitro benzene ring substituents is 1. The average molecular weight is 360 g/mol. The van der Waals surface area contributed by atoms with Crippen molar-refractivity contribution in [3.63, 3.8) is 0 Å². The lowest BCUT2D eigenvalue weighted by atomic mass is 10.2. The number of thiocarbonyl (C=S) groups is 1. The first-order valence-corrected chi connectivity index (χ1v) is 8.25. The van der Waals surface area contributed by atoms with E-state index in [1.165, 1.54) is 18.2 Å². The Morgan fingerprint density at radius 3 is 2.32 bits per heavy atom. The predicted octanol–water partition coefficient (Wildman–Crippen LogP) is 3.25. The number of nitrogens with one attached hydrogen (secondary N) is 1. The summed E-state index contributed by atoms with van der Waals surface area (Å²) >= 11 is 5.41. The second-order valence-corrected chi connectivity index (χ2v) is 6.05. The van der Waals surface area contributed by atoms with Gasteiger partial charge in [0, 0.05) is 44.0 Å². The first kappa shape index (κ1) is 17.1. The van der Waals surface area contributed by atoms with Crippen LogP contribution in [0.15, 0.2) is 48.5 Å². The summed E-state index contributed by atoms with van der Waals surface area (Å²) in [6.07, 6.45) is 0. The molecule has 3 rings (SSSR count). The maximum Gasteiger partial charge on any atom is 0.269 e. The van der Waals surface area contributed by atoms with E-state index in [0.717, 1.165) is 0 Å². The van der Waals surface area contributed by atoms with Crippen LogP contribution in [-0.4, -0.2) is 41.1 Å². The average Bonchev–Trinajstić information content (AvgIpc) is 2.63. The molecule has 8 heteroatoms. The van der Waals surface area contributed by atoms with Crippen LogP contribution in [0.3, 0.4) is 0 Å². The molecule has 0 aliphatic carbocycles. The van der Waals surface area contributed by atoms with Crippen molar-refractivity contribution in [1.82, 2.24) is 4.90 Å². The molecule has 130 valence electrons. The Morgan fingerprint density at radius 2 is 1.72 bits per heavy atom. The number of halogens is 1. The van der Waals surface area contributed by atoms with Crippen LogP contribution in [0.4, 0.5) is 21.5 Å². The van der Waals surface area contributed by atoms with Crippen LogP contribution in [0.5, 0.6) is 0 Å². The number of benzene rings is 2. The fourth-order valence-corrected chi connectivity index (χ4v) is 3.03. The van der Waals surface area contributed by atoms with Gasteiger partial charge in [-0.3, -0.25) is 10.1 Å². The second-order valence-electron chi connectivity index (χ2n) is 5.66. The minimum Gasteiger partial charge on any atom is -0.366 e. The van der Waals surface area contributed by atoms with Gasteiger partial charge in [-0.05, 0) is 36.5 Å². The Morgan fingerprint density at radius 1 is 1.08 bits per heavy atom. The summed E-state index contributed by atoms with van der Waals surface area (Å²) in [5.74, 6) is -0.220. The van der Waals surface area contributed by atoms with Crippen molar-refractivity contribution in [1.29, 1.82) is 0 Å². The van der Waals surface area contributed by atoms with E-state index in [4.69, 9.17) is 12.2 Å². The number of piperazine rings is 1. The summed E-state index contributed by atoms with van der Waals surface area (Å²) < 4.78 is 13.9. The largest absolute Gasteiger partial charge is 0.366 e. The SMILES string of the molecule is O=[N+]([O-])c1ccc(NC(=S)N2CCN(c3ccccc3F)CC2)cc1. The molecule has 1 heterocycles. The molecule has 0 atom stereocenters. The van der Waals surface area contributed by atoms with Crippen molar-refractivity contribution in [3.05, 3.63) is 64.5 Å². The van der Waals surface area contributed by atoms with Crippen LogP contribution in [0.2, 0.25) is 0 Å². The molecular weight excluding hydrogens is 343 g/mol. The number of anilines is 2. The molecule has 1 N–H and O–H groups in total. The van der Waals surface area contributed by atoms with Gasteiger partial charge in [-0.2, -0.15) is 0 Å². The minimum absolute atomic E-state index is 0.0370. The molecule has 1 saturated heterocycles. The molecule has 0 spiro atoms. The number of nitro groups is 1. The quantitative estimate of drug-likeness (QED) is 0.515. The Balaban J connectivity index is 1.56. The lowest BCUT2D eigenvalue weighted by molar-refractivity contribution is -0.384. The van der Waals surface area contributed by atoms with Gasteiger partial charge in [0.1, 0.15) is 5.82 Å². The summed E-state index contributed by atoms with van der Waals surface area (Å²) in [6, 6.07) is 12.9. The third-order valence-electron chi connectivity index (χ3n) is 4.09. The summed E-state index contributed by atoms with van der Waals surface area (Å²) in [5.41, 5.74) is 1.35. The highest BCUT2D eigenvalue weighted by atomic mass is 32.1. The van der Waals surface area contributed by atoms with Crippen molar-refractivity contribution in [3.8, 4) is 0 Å². The molecule has 0 radical (unpaired) electrons.